The summed E-state index contributed by atoms with van der Waals surface area (Å²) in [7, 11) is 0. The van der Waals surface area contributed by atoms with Crippen molar-refractivity contribution >= 4 is 28.3 Å². The van der Waals surface area contributed by atoms with Crippen LogP contribution in [-0.4, -0.2) is 30.1 Å². The number of aromatic nitrogens is 1. The average molecular weight is 342 g/mol. The zero-order valence-corrected chi connectivity index (χ0v) is 12.8. The molecule has 0 aliphatic heterocycles. The molecule has 2 aromatic rings. The van der Waals surface area contributed by atoms with E-state index < -0.39 is 30.1 Å². The molecule has 122 valence electrons. The first kappa shape index (κ1) is 16.8. The van der Waals surface area contributed by atoms with E-state index in [2.05, 4.69) is 10.3 Å². The van der Waals surface area contributed by atoms with Gasteiger partial charge in [-0.15, -0.1) is 11.3 Å². The van der Waals surface area contributed by atoms with Gasteiger partial charge in [0.2, 0.25) is 0 Å². The number of carbonyl (C=O) groups is 2. The fourth-order valence-corrected chi connectivity index (χ4v) is 2.22. The van der Waals surface area contributed by atoms with Crippen molar-refractivity contribution in [3.05, 3.63) is 40.9 Å². The van der Waals surface area contributed by atoms with E-state index in [1.807, 2.05) is 0 Å². The second kappa shape index (κ2) is 7.63. The van der Waals surface area contributed by atoms with Gasteiger partial charge in [0, 0.05) is 11.4 Å². The van der Waals surface area contributed by atoms with E-state index in [9.17, 15) is 18.4 Å². The molecule has 1 heterocycles. The number of nitrogens with zero attached hydrogens (tertiary/aromatic N) is 1. The van der Waals surface area contributed by atoms with Crippen molar-refractivity contribution in [3.8, 4) is 5.75 Å². The van der Waals surface area contributed by atoms with E-state index in [0.29, 0.717) is 6.07 Å². The quantitative estimate of drug-likeness (QED) is 0.817. The van der Waals surface area contributed by atoms with Gasteiger partial charge in [-0.3, -0.25) is 10.1 Å². The van der Waals surface area contributed by atoms with Crippen LogP contribution in [0, 0.1) is 11.6 Å². The first-order valence-corrected chi connectivity index (χ1v) is 7.38. The van der Waals surface area contributed by atoms with Crippen molar-refractivity contribution in [3.63, 3.8) is 0 Å². The molecule has 2 rings (SSSR count). The fourth-order valence-electron chi connectivity index (χ4n) is 1.52. The van der Waals surface area contributed by atoms with Crippen molar-refractivity contribution in [2.75, 3.05) is 18.5 Å². The summed E-state index contributed by atoms with van der Waals surface area (Å²) in [6, 6.07) is 2.75. The maximum absolute atomic E-state index is 13.3. The highest BCUT2D eigenvalue weighted by molar-refractivity contribution is 7.14. The fraction of sp³-hybridized carbons (Fsp3) is 0.214. The molecule has 1 N–H and O–H groups in total. The highest BCUT2D eigenvalue weighted by Gasteiger charge is 2.14. The molecule has 0 saturated heterocycles. The van der Waals surface area contributed by atoms with E-state index >= 15 is 0 Å². The van der Waals surface area contributed by atoms with Crippen molar-refractivity contribution in [2.45, 2.75) is 6.92 Å². The lowest BCUT2D eigenvalue weighted by Gasteiger charge is -2.06. The van der Waals surface area contributed by atoms with Crippen LogP contribution >= 0.6 is 11.3 Å². The lowest BCUT2D eigenvalue weighted by atomic mass is 10.3. The largest absolute Gasteiger partial charge is 0.481 e. The number of benzene rings is 1. The molecule has 0 saturated carbocycles. The summed E-state index contributed by atoms with van der Waals surface area (Å²) in [5, 5.41) is 4.02. The molecule has 0 spiro atoms. The standard InChI is InChI=1S/C14H12F2N2O4S/c1-2-21-13(20)10-7-23-14(17-10)18-12(19)6-22-11-4-3-8(15)5-9(11)16/h3-5,7H,2,6H2,1H3,(H,17,18,19). The van der Waals surface area contributed by atoms with Crippen LogP contribution in [-0.2, 0) is 9.53 Å². The second-order valence-electron chi connectivity index (χ2n) is 4.17. The van der Waals surface area contributed by atoms with E-state index in [4.69, 9.17) is 9.47 Å². The first-order chi connectivity index (χ1) is 11.0. The van der Waals surface area contributed by atoms with Gasteiger partial charge in [0.25, 0.3) is 5.91 Å². The van der Waals surface area contributed by atoms with Gasteiger partial charge < -0.3 is 9.47 Å². The molecule has 6 nitrogen and oxygen atoms in total. The van der Waals surface area contributed by atoms with E-state index in [1.165, 1.54) is 5.38 Å². The van der Waals surface area contributed by atoms with Crippen LogP contribution < -0.4 is 10.1 Å². The summed E-state index contributed by atoms with van der Waals surface area (Å²) in [4.78, 5) is 27.0. The summed E-state index contributed by atoms with van der Waals surface area (Å²) in [6.45, 7) is 1.39. The monoisotopic (exact) mass is 342 g/mol. The Morgan fingerprint density at radius 1 is 1.35 bits per heavy atom. The van der Waals surface area contributed by atoms with Gasteiger partial charge in [0.1, 0.15) is 5.82 Å². The minimum Gasteiger partial charge on any atom is -0.481 e. The van der Waals surface area contributed by atoms with Gasteiger partial charge >= 0.3 is 5.97 Å². The average Bonchev–Trinajstić information content (AvgIpc) is 2.95. The summed E-state index contributed by atoms with van der Waals surface area (Å²) < 4.78 is 35.8. The lowest BCUT2D eigenvalue weighted by molar-refractivity contribution is -0.118. The molecular weight excluding hydrogens is 330 g/mol. The third kappa shape index (κ3) is 4.71. The van der Waals surface area contributed by atoms with Crippen LogP contribution in [0.25, 0.3) is 0 Å². The molecule has 9 heteroatoms. The van der Waals surface area contributed by atoms with E-state index in [1.54, 1.807) is 6.92 Å². The van der Waals surface area contributed by atoms with Crippen molar-refractivity contribution in [1.29, 1.82) is 0 Å². The van der Waals surface area contributed by atoms with Gasteiger partial charge in [-0.2, -0.15) is 0 Å². The normalized spacial score (nSPS) is 10.2. The van der Waals surface area contributed by atoms with Gasteiger partial charge in [-0.05, 0) is 19.1 Å². The van der Waals surface area contributed by atoms with Gasteiger partial charge in [-0.25, -0.2) is 18.6 Å². The van der Waals surface area contributed by atoms with Crippen LogP contribution in [0.4, 0.5) is 13.9 Å². The summed E-state index contributed by atoms with van der Waals surface area (Å²) in [6.07, 6.45) is 0. The molecule has 1 amide bonds. The van der Waals surface area contributed by atoms with E-state index in [0.717, 1.165) is 23.5 Å². The number of esters is 1. The van der Waals surface area contributed by atoms with Gasteiger partial charge in [0.05, 0.1) is 6.61 Å². The molecule has 1 aromatic heterocycles. The number of anilines is 1. The Kier molecular flexibility index (Phi) is 5.58. The Hall–Kier alpha value is -2.55. The van der Waals surface area contributed by atoms with Crippen LogP contribution in [0.3, 0.4) is 0 Å². The molecule has 0 unspecified atom stereocenters. The Morgan fingerprint density at radius 2 is 2.13 bits per heavy atom. The molecule has 0 fully saturated rings. The van der Waals surface area contributed by atoms with Crippen LogP contribution in [0.2, 0.25) is 0 Å². The SMILES string of the molecule is CCOC(=O)c1csc(NC(=O)COc2ccc(F)cc2F)n1. The van der Waals surface area contributed by atoms with Gasteiger partial charge in [-0.1, -0.05) is 0 Å². The molecule has 0 aliphatic carbocycles. The first-order valence-electron chi connectivity index (χ1n) is 6.50. The highest BCUT2D eigenvalue weighted by Crippen LogP contribution is 2.18. The highest BCUT2D eigenvalue weighted by atomic mass is 32.1. The molecule has 1 aromatic carbocycles. The minimum atomic E-state index is -0.906. The van der Waals surface area contributed by atoms with E-state index in [-0.39, 0.29) is 23.2 Å². The maximum atomic E-state index is 13.3. The molecule has 0 radical (unpaired) electrons. The Morgan fingerprint density at radius 3 is 2.83 bits per heavy atom. The molecule has 0 bridgehead atoms. The number of amides is 1. The topological polar surface area (TPSA) is 77.5 Å². The third-order valence-corrected chi connectivity index (χ3v) is 3.25. The molecule has 0 aliphatic rings. The second-order valence-corrected chi connectivity index (χ2v) is 5.03. The number of thiazole rings is 1. The Labute approximate surface area is 134 Å². The van der Waals surface area contributed by atoms with Gasteiger partial charge in [0.15, 0.2) is 29.0 Å². The Bertz CT molecular complexity index is 721. The van der Waals surface area contributed by atoms with Crippen molar-refractivity contribution in [2.24, 2.45) is 0 Å². The molecule has 23 heavy (non-hydrogen) atoms. The predicted octanol–water partition coefficient (Wildman–Crippen LogP) is 2.62. The molecule has 0 atom stereocenters. The minimum absolute atomic E-state index is 0.0812. The number of hydrogen-bond acceptors (Lipinski definition) is 6. The van der Waals surface area contributed by atoms with Crippen molar-refractivity contribution in [1.82, 2.24) is 4.98 Å². The number of hydrogen-bond donors (Lipinski definition) is 1. The number of nitrogens with one attached hydrogen (secondary N) is 1. The maximum Gasteiger partial charge on any atom is 0.357 e. The summed E-state index contributed by atoms with van der Waals surface area (Å²) in [5.41, 5.74) is 0.0812. The summed E-state index contributed by atoms with van der Waals surface area (Å²) in [5.74, 6) is -3.08. The van der Waals surface area contributed by atoms with Crippen LogP contribution in [0.15, 0.2) is 23.6 Å². The number of halogens is 2. The third-order valence-electron chi connectivity index (χ3n) is 2.49. The zero-order valence-electron chi connectivity index (χ0n) is 12.0. The predicted molar refractivity (Wildman–Crippen MR) is 78.6 cm³/mol. The smallest absolute Gasteiger partial charge is 0.357 e. The van der Waals surface area contributed by atoms with Crippen molar-refractivity contribution < 1.29 is 27.8 Å². The summed E-state index contributed by atoms with van der Waals surface area (Å²) >= 11 is 1.04. The van der Waals surface area contributed by atoms with Crippen LogP contribution in [0.5, 0.6) is 5.75 Å². The van der Waals surface area contributed by atoms with Crippen LogP contribution in [0.1, 0.15) is 17.4 Å². The number of ether oxygens (including phenoxy) is 2. The Balaban J connectivity index is 1.88. The molecular formula is C14H12F2N2O4S. The number of rotatable bonds is 6. The zero-order chi connectivity index (χ0) is 16.8. The lowest BCUT2D eigenvalue weighted by Crippen LogP contribution is -2.20. The number of carbonyl (C=O) groups excluding carboxylic acids is 2.